The highest BCUT2D eigenvalue weighted by Gasteiger charge is 2.07. The second kappa shape index (κ2) is 3.14. The highest BCUT2D eigenvalue weighted by molar-refractivity contribution is 7.15. The van der Waals surface area contributed by atoms with E-state index in [0.29, 0.717) is 12.2 Å². The van der Waals surface area contributed by atoms with Crippen LogP contribution >= 0.6 is 11.3 Å². The zero-order chi connectivity index (χ0) is 9.26. The third kappa shape index (κ3) is 1.53. The molecule has 0 saturated heterocycles. The Morgan fingerprint density at radius 2 is 2.38 bits per heavy atom. The van der Waals surface area contributed by atoms with Crippen LogP contribution in [0.1, 0.15) is 15.4 Å². The van der Waals surface area contributed by atoms with Crippen molar-refractivity contribution in [2.75, 3.05) is 0 Å². The maximum absolute atomic E-state index is 10.3. The molecule has 0 radical (unpaired) electrons. The van der Waals surface area contributed by atoms with Crippen LogP contribution in [-0.2, 0) is 0 Å². The highest BCUT2D eigenvalue weighted by atomic mass is 32.1. The van der Waals surface area contributed by atoms with Crippen molar-refractivity contribution in [3.8, 4) is 10.8 Å². The van der Waals surface area contributed by atoms with E-state index in [-0.39, 0.29) is 5.76 Å². The fraction of sp³-hybridized carbons (Fsp3) is 0.111. The van der Waals surface area contributed by atoms with Crippen LogP contribution < -0.4 is 0 Å². The van der Waals surface area contributed by atoms with Gasteiger partial charge >= 0.3 is 0 Å². The number of aryl methyl sites for hydroxylation is 1. The Hall–Kier alpha value is -1.42. The van der Waals surface area contributed by atoms with Crippen molar-refractivity contribution in [3.63, 3.8) is 0 Å². The van der Waals surface area contributed by atoms with E-state index < -0.39 is 0 Å². The van der Waals surface area contributed by atoms with Crippen LogP contribution in [0.2, 0.25) is 0 Å². The van der Waals surface area contributed by atoms with Crippen molar-refractivity contribution in [3.05, 3.63) is 29.0 Å². The first-order valence-electron chi connectivity index (χ1n) is 3.77. The molecule has 2 aromatic heterocycles. The van der Waals surface area contributed by atoms with Gasteiger partial charge in [0.15, 0.2) is 12.0 Å². The first-order chi connectivity index (χ1) is 6.29. The standard InChI is InChI=1S/C9H7NO2S/c1-6-2-3-8(13-6)9-10-4-7(5-11)12-9/h2-5H,1H3. The third-order valence-corrected chi connectivity index (χ3v) is 2.58. The zero-order valence-electron chi connectivity index (χ0n) is 6.98. The molecule has 0 aromatic carbocycles. The number of hydrogen-bond donors (Lipinski definition) is 0. The summed E-state index contributed by atoms with van der Waals surface area (Å²) in [6.45, 7) is 2.01. The second-order valence-electron chi connectivity index (χ2n) is 2.60. The summed E-state index contributed by atoms with van der Waals surface area (Å²) in [6.07, 6.45) is 2.08. The average Bonchev–Trinajstić information content (AvgIpc) is 2.71. The van der Waals surface area contributed by atoms with Crippen molar-refractivity contribution in [1.82, 2.24) is 4.98 Å². The average molecular weight is 193 g/mol. The zero-order valence-corrected chi connectivity index (χ0v) is 7.80. The molecule has 3 nitrogen and oxygen atoms in total. The number of aromatic nitrogens is 1. The van der Waals surface area contributed by atoms with E-state index >= 15 is 0 Å². The lowest BCUT2D eigenvalue weighted by atomic mass is 10.4. The summed E-state index contributed by atoms with van der Waals surface area (Å²) in [5.74, 6) is 0.779. The molecule has 0 amide bonds. The molecule has 0 saturated carbocycles. The van der Waals surface area contributed by atoms with Crippen molar-refractivity contribution in [2.24, 2.45) is 0 Å². The van der Waals surface area contributed by atoms with E-state index in [1.807, 2.05) is 19.1 Å². The maximum Gasteiger partial charge on any atom is 0.237 e. The summed E-state index contributed by atoms with van der Waals surface area (Å²) >= 11 is 1.59. The summed E-state index contributed by atoms with van der Waals surface area (Å²) in [4.78, 5) is 16.5. The van der Waals surface area contributed by atoms with Crippen LogP contribution in [0.5, 0.6) is 0 Å². The summed E-state index contributed by atoms with van der Waals surface area (Å²) in [6, 6.07) is 3.92. The van der Waals surface area contributed by atoms with Crippen LogP contribution in [0.4, 0.5) is 0 Å². The van der Waals surface area contributed by atoms with Crippen LogP contribution in [0, 0.1) is 6.92 Å². The monoisotopic (exact) mass is 193 g/mol. The molecule has 0 N–H and O–H groups in total. The Morgan fingerprint density at radius 3 is 2.92 bits per heavy atom. The number of nitrogens with zero attached hydrogens (tertiary/aromatic N) is 1. The topological polar surface area (TPSA) is 43.1 Å². The number of thiophene rings is 1. The fourth-order valence-corrected chi connectivity index (χ4v) is 1.81. The van der Waals surface area contributed by atoms with Gasteiger partial charge in [-0.15, -0.1) is 11.3 Å². The Balaban J connectivity index is 2.40. The van der Waals surface area contributed by atoms with Gasteiger partial charge in [0.25, 0.3) is 0 Å². The molecule has 0 spiro atoms. The van der Waals surface area contributed by atoms with Gasteiger partial charge in [0, 0.05) is 4.88 Å². The largest absolute Gasteiger partial charge is 0.433 e. The van der Waals surface area contributed by atoms with E-state index in [0.717, 1.165) is 4.88 Å². The molecule has 2 aromatic rings. The minimum Gasteiger partial charge on any atom is -0.433 e. The lowest BCUT2D eigenvalue weighted by Crippen LogP contribution is -1.68. The molecule has 4 heteroatoms. The van der Waals surface area contributed by atoms with Gasteiger partial charge in [-0.25, -0.2) is 4.98 Å². The van der Waals surface area contributed by atoms with Gasteiger partial charge < -0.3 is 4.42 Å². The number of carbonyl (C=O) groups is 1. The van der Waals surface area contributed by atoms with Gasteiger partial charge in [0.2, 0.25) is 5.89 Å². The van der Waals surface area contributed by atoms with Gasteiger partial charge in [-0.05, 0) is 19.1 Å². The maximum atomic E-state index is 10.3. The normalized spacial score (nSPS) is 10.2. The van der Waals surface area contributed by atoms with Crippen LogP contribution in [0.3, 0.4) is 0 Å². The number of aldehydes is 1. The molecule has 0 aliphatic rings. The summed E-state index contributed by atoms with van der Waals surface area (Å²) < 4.78 is 5.16. The van der Waals surface area contributed by atoms with Gasteiger partial charge in [0.05, 0.1) is 11.1 Å². The predicted molar refractivity (Wildman–Crippen MR) is 49.9 cm³/mol. The van der Waals surface area contributed by atoms with Crippen molar-refractivity contribution >= 4 is 17.6 Å². The molecule has 66 valence electrons. The smallest absolute Gasteiger partial charge is 0.237 e. The number of oxazole rings is 1. The third-order valence-electron chi connectivity index (χ3n) is 1.59. The van der Waals surface area contributed by atoms with Crippen molar-refractivity contribution in [2.45, 2.75) is 6.92 Å². The van der Waals surface area contributed by atoms with Crippen LogP contribution in [0.25, 0.3) is 10.8 Å². The molecule has 2 rings (SSSR count). The molecule has 0 aliphatic heterocycles. The molecule has 0 bridgehead atoms. The van der Waals surface area contributed by atoms with Crippen molar-refractivity contribution < 1.29 is 9.21 Å². The lowest BCUT2D eigenvalue weighted by Gasteiger charge is -1.85. The molecular formula is C9H7NO2S. The molecular weight excluding hydrogens is 186 g/mol. The molecule has 0 aliphatic carbocycles. The van der Waals surface area contributed by atoms with E-state index in [4.69, 9.17) is 4.42 Å². The first-order valence-corrected chi connectivity index (χ1v) is 4.59. The Bertz CT molecular complexity index is 430. The Morgan fingerprint density at radius 1 is 1.54 bits per heavy atom. The van der Waals surface area contributed by atoms with Gasteiger partial charge in [-0.1, -0.05) is 0 Å². The highest BCUT2D eigenvalue weighted by Crippen LogP contribution is 2.26. The van der Waals surface area contributed by atoms with Gasteiger partial charge in [0.1, 0.15) is 0 Å². The molecule has 0 fully saturated rings. The SMILES string of the molecule is Cc1ccc(-c2ncc(C=O)o2)s1. The van der Waals surface area contributed by atoms with Crippen LogP contribution in [0.15, 0.2) is 22.7 Å². The fourth-order valence-electron chi connectivity index (χ4n) is 1.00. The predicted octanol–water partition coefficient (Wildman–Crippen LogP) is 2.52. The van der Waals surface area contributed by atoms with Gasteiger partial charge in [-0.3, -0.25) is 4.79 Å². The number of rotatable bonds is 2. The summed E-state index contributed by atoms with van der Waals surface area (Å²) in [7, 11) is 0. The Labute approximate surface area is 79.0 Å². The molecule has 13 heavy (non-hydrogen) atoms. The van der Waals surface area contributed by atoms with E-state index in [2.05, 4.69) is 4.98 Å². The van der Waals surface area contributed by atoms with E-state index in [1.165, 1.54) is 11.1 Å². The number of hydrogen-bond acceptors (Lipinski definition) is 4. The quantitative estimate of drug-likeness (QED) is 0.688. The van der Waals surface area contributed by atoms with Gasteiger partial charge in [-0.2, -0.15) is 0 Å². The molecule has 2 heterocycles. The molecule has 0 unspecified atom stereocenters. The molecule has 0 atom stereocenters. The minimum absolute atomic E-state index is 0.265. The summed E-state index contributed by atoms with van der Waals surface area (Å²) in [5.41, 5.74) is 0. The second-order valence-corrected chi connectivity index (χ2v) is 3.88. The minimum atomic E-state index is 0.265. The lowest BCUT2D eigenvalue weighted by molar-refractivity contribution is 0.110. The number of carbonyl (C=O) groups excluding carboxylic acids is 1. The Kier molecular flexibility index (Phi) is 1.98. The van der Waals surface area contributed by atoms with Crippen LogP contribution in [-0.4, -0.2) is 11.3 Å². The van der Waals surface area contributed by atoms with Crippen molar-refractivity contribution in [1.29, 1.82) is 0 Å². The van der Waals surface area contributed by atoms with E-state index in [9.17, 15) is 4.79 Å². The summed E-state index contributed by atoms with van der Waals surface area (Å²) in [5, 5.41) is 0. The first kappa shape index (κ1) is 8.19. The van der Waals surface area contributed by atoms with E-state index in [1.54, 1.807) is 11.3 Å².